The highest BCUT2D eigenvalue weighted by Gasteiger charge is 2.01. The zero-order chi connectivity index (χ0) is 12.8. The van der Waals surface area contributed by atoms with Gasteiger partial charge in [-0.25, -0.2) is 9.97 Å². The fourth-order valence-electron chi connectivity index (χ4n) is 1.68. The largest absolute Gasteiger partial charge is 0.339 e. The minimum Gasteiger partial charge on any atom is -0.339 e. The van der Waals surface area contributed by atoms with Crippen LogP contribution in [0.5, 0.6) is 0 Å². The molecule has 3 nitrogen and oxygen atoms in total. The van der Waals surface area contributed by atoms with Gasteiger partial charge in [-0.1, -0.05) is 25.5 Å². The third-order valence-corrected chi connectivity index (χ3v) is 3.28. The molecular weight excluding hydrogens is 290 g/mol. The second-order valence-corrected chi connectivity index (χ2v) is 5.00. The van der Waals surface area contributed by atoms with Gasteiger partial charge in [0.2, 0.25) is 0 Å². The third-order valence-electron chi connectivity index (χ3n) is 2.70. The minimum atomic E-state index is 0.784. The Morgan fingerprint density at radius 1 is 1.22 bits per heavy atom. The van der Waals surface area contributed by atoms with Crippen LogP contribution in [0.2, 0.25) is 0 Å². The normalized spacial score (nSPS) is 10.3. The van der Waals surface area contributed by atoms with Crippen LogP contribution in [0, 0.1) is 0 Å². The standard InChI is InChI=1S/C14H16BrN3/c1-2-3-4-11-5-7-12(8-6-11)18-14-13(15)9-16-10-17-14/h5-10H,2-4H2,1H3,(H,16,17,18). The summed E-state index contributed by atoms with van der Waals surface area (Å²) in [5, 5.41) is 3.26. The molecule has 0 aliphatic heterocycles. The summed E-state index contributed by atoms with van der Waals surface area (Å²) in [7, 11) is 0. The maximum absolute atomic E-state index is 4.18. The van der Waals surface area contributed by atoms with Crippen LogP contribution >= 0.6 is 15.9 Å². The Labute approximate surface area is 116 Å². The van der Waals surface area contributed by atoms with E-state index in [2.05, 4.69) is 62.4 Å². The number of benzene rings is 1. The number of unbranched alkanes of at least 4 members (excludes halogenated alkanes) is 1. The molecule has 1 heterocycles. The van der Waals surface area contributed by atoms with Crippen LogP contribution in [-0.2, 0) is 6.42 Å². The van der Waals surface area contributed by atoms with Gasteiger partial charge in [0, 0.05) is 11.9 Å². The molecule has 0 spiro atoms. The van der Waals surface area contributed by atoms with E-state index in [1.807, 2.05) is 0 Å². The van der Waals surface area contributed by atoms with Crippen molar-refractivity contribution in [1.82, 2.24) is 9.97 Å². The summed E-state index contributed by atoms with van der Waals surface area (Å²) in [5.74, 6) is 0.784. The number of anilines is 2. The molecule has 18 heavy (non-hydrogen) atoms. The van der Waals surface area contributed by atoms with Crippen molar-refractivity contribution in [1.29, 1.82) is 0 Å². The van der Waals surface area contributed by atoms with Gasteiger partial charge in [0.1, 0.15) is 12.1 Å². The average Bonchev–Trinajstić information content (AvgIpc) is 2.41. The fourth-order valence-corrected chi connectivity index (χ4v) is 2.00. The Kier molecular flexibility index (Phi) is 4.70. The molecule has 0 aliphatic carbocycles. The molecule has 1 N–H and O–H groups in total. The van der Waals surface area contributed by atoms with Crippen LogP contribution in [0.15, 0.2) is 41.3 Å². The molecule has 0 radical (unpaired) electrons. The Morgan fingerprint density at radius 2 is 2.00 bits per heavy atom. The molecule has 1 aromatic carbocycles. The molecule has 4 heteroatoms. The van der Waals surface area contributed by atoms with E-state index in [-0.39, 0.29) is 0 Å². The van der Waals surface area contributed by atoms with Crippen LogP contribution in [0.3, 0.4) is 0 Å². The smallest absolute Gasteiger partial charge is 0.148 e. The highest BCUT2D eigenvalue weighted by molar-refractivity contribution is 9.10. The number of hydrogen-bond donors (Lipinski definition) is 1. The number of aromatic nitrogens is 2. The second-order valence-electron chi connectivity index (χ2n) is 4.14. The van der Waals surface area contributed by atoms with Crippen molar-refractivity contribution >= 4 is 27.4 Å². The highest BCUT2D eigenvalue weighted by atomic mass is 79.9. The summed E-state index contributed by atoms with van der Waals surface area (Å²) >= 11 is 3.41. The molecule has 0 bridgehead atoms. The molecular formula is C14H16BrN3. The van der Waals surface area contributed by atoms with Crippen molar-refractivity contribution < 1.29 is 0 Å². The quantitative estimate of drug-likeness (QED) is 0.893. The number of rotatable bonds is 5. The monoisotopic (exact) mass is 305 g/mol. The first kappa shape index (κ1) is 13.0. The summed E-state index contributed by atoms with van der Waals surface area (Å²) in [6.07, 6.45) is 6.87. The van der Waals surface area contributed by atoms with Crippen molar-refractivity contribution in [2.24, 2.45) is 0 Å². The molecule has 0 saturated carbocycles. The van der Waals surface area contributed by atoms with E-state index in [9.17, 15) is 0 Å². The van der Waals surface area contributed by atoms with Crippen LogP contribution < -0.4 is 5.32 Å². The number of nitrogens with zero attached hydrogens (tertiary/aromatic N) is 2. The molecule has 0 saturated heterocycles. The van der Waals surface area contributed by atoms with Crippen molar-refractivity contribution in [2.75, 3.05) is 5.32 Å². The van der Waals surface area contributed by atoms with Crippen molar-refractivity contribution in [2.45, 2.75) is 26.2 Å². The lowest BCUT2D eigenvalue weighted by Crippen LogP contribution is -1.95. The van der Waals surface area contributed by atoms with E-state index in [0.29, 0.717) is 0 Å². The zero-order valence-electron chi connectivity index (χ0n) is 10.4. The first-order chi connectivity index (χ1) is 8.79. The van der Waals surface area contributed by atoms with Gasteiger partial charge in [-0.2, -0.15) is 0 Å². The van der Waals surface area contributed by atoms with Gasteiger partial charge in [0.05, 0.1) is 4.47 Å². The van der Waals surface area contributed by atoms with E-state index >= 15 is 0 Å². The van der Waals surface area contributed by atoms with E-state index in [1.54, 1.807) is 6.20 Å². The zero-order valence-corrected chi connectivity index (χ0v) is 11.9. The van der Waals surface area contributed by atoms with Gasteiger partial charge >= 0.3 is 0 Å². The molecule has 0 amide bonds. The fraction of sp³-hybridized carbons (Fsp3) is 0.286. The Morgan fingerprint density at radius 3 is 2.67 bits per heavy atom. The van der Waals surface area contributed by atoms with Crippen molar-refractivity contribution in [3.05, 3.63) is 46.8 Å². The van der Waals surface area contributed by atoms with Crippen LogP contribution in [0.25, 0.3) is 0 Å². The maximum atomic E-state index is 4.18. The molecule has 94 valence electrons. The molecule has 0 unspecified atom stereocenters. The molecule has 0 atom stereocenters. The summed E-state index contributed by atoms with van der Waals surface area (Å²) in [6.45, 7) is 2.21. The van der Waals surface area contributed by atoms with E-state index < -0.39 is 0 Å². The molecule has 0 fully saturated rings. The first-order valence-corrected chi connectivity index (χ1v) is 6.90. The van der Waals surface area contributed by atoms with Crippen LogP contribution in [0.1, 0.15) is 25.3 Å². The van der Waals surface area contributed by atoms with Crippen LogP contribution in [-0.4, -0.2) is 9.97 Å². The van der Waals surface area contributed by atoms with Gasteiger partial charge in [-0.05, 0) is 46.5 Å². The number of nitrogens with one attached hydrogen (secondary N) is 1. The summed E-state index contributed by atoms with van der Waals surface area (Å²) in [5.41, 5.74) is 2.42. The Bertz CT molecular complexity index is 497. The number of hydrogen-bond acceptors (Lipinski definition) is 3. The number of halogens is 1. The lowest BCUT2D eigenvalue weighted by molar-refractivity contribution is 0.795. The van der Waals surface area contributed by atoms with Gasteiger partial charge in [0.25, 0.3) is 0 Å². The summed E-state index contributed by atoms with van der Waals surface area (Å²) in [4.78, 5) is 8.11. The maximum Gasteiger partial charge on any atom is 0.148 e. The van der Waals surface area contributed by atoms with Gasteiger partial charge in [-0.15, -0.1) is 0 Å². The predicted octanol–water partition coefficient (Wildman–Crippen LogP) is 4.33. The predicted molar refractivity (Wildman–Crippen MR) is 78.1 cm³/mol. The van der Waals surface area contributed by atoms with Gasteiger partial charge < -0.3 is 5.32 Å². The lowest BCUT2D eigenvalue weighted by atomic mass is 10.1. The summed E-state index contributed by atoms with van der Waals surface area (Å²) < 4.78 is 0.861. The average molecular weight is 306 g/mol. The lowest BCUT2D eigenvalue weighted by Gasteiger charge is -2.07. The minimum absolute atomic E-state index is 0.784. The topological polar surface area (TPSA) is 37.8 Å². The van der Waals surface area contributed by atoms with Gasteiger partial charge in [-0.3, -0.25) is 0 Å². The van der Waals surface area contributed by atoms with E-state index in [1.165, 1.54) is 24.7 Å². The van der Waals surface area contributed by atoms with Crippen molar-refractivity contribution in [3.8, 4) is 0 Å². The highest BCUT2D eigenvalue weighted by Crippen LogP contribution is 2.22. The van der Waals surface area contributed by atoms with E-state index in [4.69, 9.17) is 0 Å². The Balaban J connectivity index is 2.04. The SMILES string of the molecule is CCCCc1ccc(Nc2ncncc2Br)cc1. The first-order valence-electron chi connectivity index (χ1n) is 6.11. The summed E-state index contributed by atoms with van der Waals surface area (Å²) in [6, 6.07) is 8.49. The molecule has 1 aromatic heterocycles. The Hall–Kier alpha value is -1.42. The van der Waals surface area contributed by atoms with Crippen LogP contribution in [0.4, 0.5) is 11.5 Å². The molecule has 0 aliphatic rings. The van der Waals surface area contributed by atoms with Crippen molar-refractivity contribution in [3.63, 3.8) is 0 Å². The third kappa shape index (κ3) is 3.53. The van der Waals surface area contributed by atoms with Gasteiger partial charge in [0.15, 0.2) is 0 Å². The molecule has 2 rings (SSSR count). The number of aryl methyl sites for hydroxylation is 1. The second kappa shape index (κ2) is 6.50. The molecule has 2 aromatic rings. The van der Waals surface area contributed by atoms with E-state index in [0.717, 1.165) is 22.4 Å².